The highest BCUT2D eigenvalue weighted by Crippen LogP contribution is 2.10. The van der Waals surface area contributed by atoms with E-state index in [-0.39, 0.29) is 0 Å². The van der Waals surface area contributed by atoms with E-state index < -0.39 is 0 Å². The van der Waals surface area contributed by atoms with Crippen LogP contribution in [0.15, 0.2) is 12.4 Å². The summed E-state index contributed by atoms with van der Waals surface area (Å²) in [6, 6.07) is 2.04. The smallest absolute Gasteiger partial charge is 0.115 e. The van der Waals surface area contributed by atoms with Gasteiger partial charge in [0.05, 0.1) is 5.69 Å². The number of nitrogens with one attached hydrogen (secondary N) is 1. The molecule has 0 aliphatic carbocycles. The predicted octanol–water partition coefficient (Wildman–Crippen LogP) is 1.32. The van der Waals surface area contributed by atoms with Crippen LogP contribution in [0.3, 0.4) is 0 Å². The molecule has 1 rings (SSSR count). The maximum Gasteiger partial charge on any atom is 0.115 e. The van der Waals surface area contributed by atoms with Gasteiger partial charge in [-0.1, -0.05) is 13.8 Å². The first-order valence-electron chi connectivity index (χ1n) is 4.19. The van der Waals surface area contributed by atoms with E-state index in [4.69, 9.17) is 0 Å². The molecule has 1 aromatic rings. The average Bonchev–Trinajstić information content (AvgIpc) is 2.05. The molecule has 3 heteroatoms. The molecule has 1 aromatic heterocycles. The third-order valence-electron chi connectivity index (χ3n) is 1.69. The lowest BCUT2D eigenvalue weighted by atomic mass is 10.1. The highest BCUT2D eigenvalue weighted by molar-refractivity contribution is 5.10. The van der Waals surface area contributed by atoms with Crippen LogP contribution in [-0.4, -0.2) is 17.0 Å². The molecule has 0 saturated carbocycles. The first-order chi connectivity index (χ1) is 5.74. The third kappa shape index (κ3) is 2.27. The van der Waals surface area contributed by atoms with Crippen LogP contribution in [0.1, 0.15) is 31.2 Å². The normalized spacial score (nSPS) is 10.7. The van der Waals surface area contributed by atoms with Gasteiger partial charge in [0.15, 0.2) is 0 Å². The van der Waals surface area contributed by atoms with Crippen molar-refractivity contribution in [3.05, 3.63) is 23.8 Å². The Morgan fingerprint density at radius 2 is 2.17 bits per heavy atom. The number of rotatable bonds is 3. The van der Waals surface area contributed by atoms with Gasteiger partial charge in [0, 0.05) is 12.2 Å². The Hall–Kier alpha value is -0.960. The highest BCUT2D eigenvalue weighted by atomic mass is 14.9. The number of hydrogen-bond acceptors (Lipinski definition) is 3. The van der Waals surface area contributed by atoms with Gasteiger partial charge in [-0.3, -0.25) is 0 Å². The second kappa shape index (κ2) is 4.16. The molecule has 0 aromatic carbocycles. The molecule has 3 nitrogen and oxygen atoms in total. The standard InChI is InChI=1S/C9H15N3/c1-7(2)9-4-8(5-10-3)11-6-12-9/h4,6-7,10H,5H2,1-3H3. The lowest BCUT2D eigenvalue weighted by molar-refractivity contribution is 0.758. The summed E-state index contributed by atoms with van der Waals surface area (Å²) in [5.74, 6) is 0.476. The number of hydrogen-bond donors (Lipinski definition) is 1. The van der Waals surface area contributed by atoms with E-state index in [2.05, 4.69) is 29.1 Å². The van der Waals surface area contributed by atoms with Gasteiger partial charge in [-0.25, -0.2) is 9.97 Å². The maximum atomic E-state index is 4.18. The zero-order valence-corrected chi connectivity index (χ0v) is 7.83. The molecule has 0 spiro atoms. The summed E-state index contributed by atoms with van der Waals surface area (Å²) in [4.78, 5) is 8.32. The quantitative estimate of drug-likeness (QED) is 0.734. The molecular formula is C9H15N3. The van der Waals surface area contributed by atoms with Crippen molar-refractivity contribution in [1.29, 1.82) is 0 Å². The summed E-state index contributed by atoms with van der Waals surface area (Å²) in [6.07, 6.45) is 1.63. The van der Waals surface area contributed by atoms with Crippen LogP contribution in [0.5, 0.6) is 0 Å². The van der Waals surface area contributed by atoms with Crippen molar-refractivity contribution < 1.29 is 0 Å². The number of aromatic nitrogens is 2. The summed E-state index contributed by atoms with van der Waals surface area (Å²) >= 11 is 0. The van der Waals surface area contributed by atoms with Gasteiger partial charge in [-0.15, -0.1) is 0 Å². The van der Waals surface area contributed by atoms with Crippen molar-refractivity contribution in [3.63, 3.8) is 0 Å². The minimum absolute atomic E-state index is 0.476. The Balaban J connectivity index is 2.81. The molecule has 0 amide bonds. The molecule has 66 valence electrons. The number of nitrogens with zero attached hydrogens (tertiary/aromatic N) is 2. The SMILES string of the molecule is CNCc1cc(C(C)C)ncn1. The molecule has 0 fully saturated rings. The fraction of sp³-hybridized carbons (Fsp3) is 0.556. The maximum absolute atomic E-state index is 4.18. The summed E-state index contributed by atoms with van der Waals surface area (Å²) in [5, 5.41) is 3.06. The molecular weight excluding hydrogens is 150 g/mol. The monoisotopic (exact) mass is 165 g/mol. The van der Waals surface area contributed by atoms with Gasteiger partial charge in [-0.2, -0.15) is 0 Å². The summed E-state index contributed by atoms with van der Waals surface area (Å²) < 4.78 is 0. The largest absolute Gasteiger partial charge is 0.314 e. The lowest BCUT2D eigenvalue weighted by Gasteiger charge is -2.05. The molecule has 0 bridgehead atoms. The topological polar surface area (TPSA) is 37.8 Å². The van der Waals surface area contributed by atoms with Crippen LogP contribution in [0.4, 0.5) is 0 Å². The van der Waals surface area contributed by atoms with Crippen LogP contribution < -0.4 is 5.32 Å². The summed E-state index contributed by atoms with van der Waals surface area (Å²) in [7, 11) is 1.91. The van der Waals surface area contributed by atoms with Crippen molar-refractivity contribution in [2.45, 2.75) is 26.3 Å². The predicted molar refractivity (Wildman–Crippen MR) is 48.9 cm³/mol. The molecule has 0 aliphatic heterocycles. The first-order valence-corrected chi connectivity index (χ1v) is 4.19. The van der Waals surface area contributed by atoms with E-state index in [9.17, 15) is 0 Å². The van der Waals surface area contributed by atoms with Crippen molar-refractivity contribution in [3.8, 4) is 0 Å². The molecule has 0 aliphatic rings. The zero-order chi connectivity index (χ0) is 8.97. The molecule has 0 unspecified atom stereocenters. The molecule has 0 atom stereocenters. The van der Waals surface area contributed by atoms with E-state index in [1.54, 1.807) is 6.33 Å². The van der Waals surface area contributed by atoms with Crippen LogP contribution in [0, 0.1) is 0 Å². The Kier molecular flexibility index (Phi) is 3.17. The van der Waals surface area contributed by atoms with Crippen LogP contribution in [0.2, 0.25) is 0 Å². The van der Waals surface area contributed by atoms with Crippen molar-refractivity contribution in [2.24, 2.45) is 0 Å². The average molecular weight is 165 g/mol. The minimum Gasteiger partial charge on any atom is -0.314 e. The van der Waals surface area contributed by atoms with Crippen LogP contribution in [-0.2, 0) is 6.54 Å². The second-order valence-corrected chi connectivity index (χ2v) is 3.12. The first kappa shape index (κ1) is 9.13. The zero-order valence-electron chi connectivity index (χ0n) is 7.83. The summed E-state index contributed by atoms with van der Waals surface area (Å²) in [5.41, 5.74) is 2.16. The summed E-state index contributed by atoms with van der Waals surface area (Å²) in [6.45, 7) is 5.07. The van der Waals surface area contributed by atoms with Gasteiger partial charge in [0.25, 0.3) is 0 Å². The molecule has 12 heavy (non-hydrogen) atoms. The van der Waals surface area contributed by atoms with Gasteiger partial charge in [0.1, 0.15) is 6.33 Å². The van der Waals surface area contributed by atoms with Gasteiger partial charge >= 0.3 is 0 Å². The molecule has 0 radical (unpaired) electrons. The lowest BCUT2D eigenvalue weighted by Crippen LogP contribution is -2.08. The van der Waals surface area contributed by atoms with Crippen LogP contribution >= 0.6 is 0 Å². The molecule has 0 saturated heterocycles. The minimum atomic E-state index is 0.476. The van der Waals surface area contributed by atoms with Crippen molar-refractivity contribution in [2.75, 3.05) is 7.05 Å². The highest BCUT2D eigenvalue weighted by Gasteiger charge is 2.01. The van der Waals surface area contributed by atoms with Crippen molar-refractivity contribution in [1.82, 2.24) is 15.3 Å². The van der Waals surface area contributed by atoms with E-state index in [1.807, 2.05) is 13.1 Å². The van der Waals surface area contributed by atoms with Crippen LogP contribution in [0.25, 0.3) is 0 Å². The molecule has 1 heterocycles. The Morgan fingerprint density at radius 1 is 1.42 bits per heavy atom. The van der Waals surface area contributed by atoms with Gasteiger partial charge in [0.2, 0.25) is 0 Å². The van der Waals surface area contributed by atoms with E-state index in [0.717, 1.165) is 17.9 Å². The van der Waals surface area contributed by atoms with E-state index in [1.165, 1.54) is 0 Å². The van der Waals surface area contributed by atoms with E-state index >= 15 is 0 Å². The third-order valence-corrected chi connectivity index (χ3v) is 1.69. The van der Waals surface area contributed by atoms with Gasteiger partial charge in [-0.05, 0) is 19.0 Å². The Labute approximate surface area is 73.2 Å². The fourth-order valence-corrected chi connectivity index (χ4v) is 1.01. The van der Waals surface area contributed by atoms with Gasteiger partial charge < -0.3 is 5.32 Å². The van der Waals surface area contributed by atoms with E-state index in [0.29, 0.717) is 5.92 Å². The van der Waals surface area contributed by atoms with Crippen molar-refractivity contribution >= 4 is 0 Å². The molecule has 1 N–H and O–H groups in total. The second-order valence-electron chi connectivity index (χ2n) is 3.12. The fourth-order valence-electron chi connectivity index (χ4n) is 1.01. The Bertz CT molecular complexity index is 245. The Morgan fingerprint density at radius 3 is 2.75 bits per heavy atom.